The van der Waals surface area contributed by atoms with Gasteiger partial charge in [-0.15, -0.1) is 0 Å². The van der Waals surface area contributed by atoms with E-state index in [2.05, 4.69) is 15.8 Å². The number of phenols is 1. The van der Waals surface area contributed by atoms with E-state index in [-0.39, 0.29) is 18.1 Å². The van der Waals surface area contributed by atoms with Crippen LogP contribution in [0, 0.1) is 0 Å². The second kappa shape index (κ2) is 6.90. The first kappa shape index (κ1) is 14.3. The lowest BCUT2D eigenvalue weighted by Gasteiger charge is -2.01. The van der Waals surface area contributed by atoms with Gasteiger partial charge in [0.05, 0.1) is 19.0 Å². The Morgan fingerprint density at radius 3 is 2.86 bits per heavy atom. The van der Waals surface area contributed by atoms with Crippen LogP contribution in [0.25, 0.3) is 0 Å². The Bertz CT molecular complexity index is 650. The molecule has 0 aliphatic heterocycles. The standard InChI is InChI=1S/C14H13N3O4/c18-11-4-1-3-10(7-11)8-16-17-13(19)9-15-14(20)12-5-2-6-21-12/h1-8,18H,9H2,(H,15,20)(H,17,19)/b16-8-. The highest BCUT2D eigenvalue weighted by atomic mass is 16.3. The van der Waals surface area contributed by atoms with Gasteiger partial charge >= 0.3 is 0 Å². The zero-order chi connectivity index (χ0) is 15.1. The Kier molecular flexibility index (Phi) is 4.70. The Labute approximate surface area is 120 Å². The third-order valence-corrected chi connectivity index (χ3v) is 2.43. The van der Waals surface area contributed by atoms with Crippen LogP contribution >= 0.6 is 0 Å². The summed E-state index contributed by atoms with van der Waals surface area (Å²) in [7, 11) is 0. The van der Waals surface area contributed by atoms with Crippen LogP contribution in [0.3, 0.4) is 0 Å². The number of hydrogen-bond acceptors (Lipinski definition) is 5. The average Bonchev–Trinajstić information content (AvgIpc) is 2.99. The summed E-state index contributed by atoms with van der Waals surface area (Å²) in [6, 6.07) is 9.46. The van der Waals surface area contributed by atoms with E-state index in [1.54, 1.807) is 18.2 Å². The fraction of sp³-hybridized carbons (Fsp3) is 0.0714. The van der Waals surface area contributed by atoms with E-state index in [1.165, 1.54) is 30.7 Å². The van der Waals surface area contributed by atoms with E-state index >= 15 is 0 Å². The molecule has 0 bridgehead atoms. The molecule has 1 aromatic heterocycles. The third kappa shape index (κ3) is 4.50. The van der Waals surface area contributed by atoms with Crippen LogP contribution in [0.2, 0.25) is 0 Å². The molecule has 0 unspecified atom stereocenters. The molecular formula is C14H13N3O4. The number of phenolic OH excluding ortho intramolecular Hbond substituents is 1. The lowest BCUT2D eigenvalue weighted by molar-refractivity contribution is -0.120. The Balaban J connectivity index is 1.76. The first-order chi connectivity index (χ1) is 10.1. The maximum absolute atomic E-state index is 11.5. The first-order valence-corrected chi connectivity index (χ1v) is 6.08. The highest BCUT2D eigenvalue weighted by molar-refractivity contribution is 5.94. The molecule has 21 heavy (non-hydrogen) atoms. The summed E-state index contributed by atoms with van der Waals surface area (Å²) >= 11 is 0. The lowest BCUT2D eigenvalue weighted by Crippen LogP contribution is -2.34. The molecule has 108 valence electrons. The van der Waals surface area contributed by atoms with Crippen LogP contribution in [-0.2, 0) is 4.79 Å². The minimum Gasteiger partial charge on any atom is -0.508 e. The van der Waals surface area contributed by atoms with Crippen molar-refractivity contribution in [2.45, 2.75) is 0 Å². The highest BCUT2D eigenvalue weighted by Crippen LogP contribution is 2.08. The number of hydrazone groups is 1. The molecule has 0 fully saturated rings. The molecule has 1 aromatic carbocycles. The van der Waals surface area contributed by atoms with Gasteiger partial charge in [-0.05, 0) is 29.8 Å². The van der Waals surface area contributed by atoms with Crippen molar-refractivity contribution in [3.8, 4) is 5.75 Å². The van der Waals surface area contributed by atoms with Crippen molar-refractivity contribution in [3.05, 3.63) is 54.0 Å². The summed E-state index contributed by atoms with van der Waals surface area (Å²) in [6.07, 6.45) is 2.75. The second-order valence-corrected chi connectivity index (χ2v) is 4.05. The molecule has 0 spiro atoms. The quantitative estimate of drug-likeness (QED) is 0.560. The number of amides is 2. The molecular weight excluding hydrogens is 274 g/mol. The molecule has 3 N–H and O–H groups in total. The molecule has 0 saturated carbocycles. The molecule has 7 nitrogen and oxygen atoms in total. The number of nitrogens with one attached hydrogen (secondary N) is 2. The van der Waals surface area contributed by atoms with Gasteiger partial charge in [0.2, 0.25) is 0 Å². The molecule has 7 heteroatoms. The number of hydrogen-bond donors (Lipinski definition) is 3. The van der Waals surface area contributed by atoms with Gasteiger partial charge in [-0.3, -0.25) is 9.59 Å². The van der Waals surface area contributed by atoms with Crippen molar-refractivity contribution < 1.29 is 19.1 Å². The van der Waals surface area contributed by atoms with Gasteiger partial charge in [0.1, 0.15) is 5.75 Å². The number of rotatable bonds is 5. The molecule has 2 aromatic rings. The van der Waals surface area contributed by atoms with Gasteiger partial charge in [-0.25, -0.2) is 5.43 Å². The number of benzene rings is 1. The van der Waals surface area contributed by atoms with E-state index in [0.29, 0.717) is 5.56 Å². The molecule has 0 saturated heterocycles. The Hall–Kier alpha value is -3.09. The largest absolute Gasteiger partial charge is 0.508 e. The van der Waals surface area contributed by atoms with Crippen LogP contribution in [0.4, 0.5) is 0 Å². The molecule has 0 radical (unpaired) electrons. The van der Waals surface area contributed by atoms with Crippen LogP contribution < -0.4 is 10.7 Å². The molecule has 1 heterocycles. The average molecular weight is 287 g/mol. The number of nitrogens with zero attached hydrogens (tertiary/aromatic N) is 1. The van der Waals surface area contributed by atoms with Crippen molar-refractivity contribution in [2.24, 2.45) is 5.10 Å². The molecule has 0 atom stereocenters. The first-order valence-electron chi connectivity index (χ1n) is 6.08. The van der Waals surface area contributed by atoms with Gasteiger partial charge in [-0.1, -0.05) is 12.1 Å². The fourth-order valence-electron chi connectivity index (χ4n) is 1.48. The van der Waals surface area contributed by atoms with Gasteiger partial charge < -0.3 is 14.8 Å². The van der Waals surface area contributed by atoms with Crippen molar-refractivity contribution >= 4 is 18.0 Å². The van der Waals surface area contributed by atoms with Gasteiger partial charge in [0.25, 0.3) is 11.8 Å². The highest BCUT2D eigenvalue weighted by Gasteiger charge is 2.09. The lowest BCUT2D eigenvalue weighted by atomic mass is 10.2. The smallest absolute Gasteiger partial charge is 0.287 e. The number of carbonyl (C=O) groups excluding carboxylic acids is 2. The van der Waals surface area contributed by atoms with Crippen LogP contribution in [0.1, 0.15) is 16.1 Å². The Morgan fingerprint density at radius 2 is 2.14 bits per heavy atom. The normalized spacial score (nSPS) is 10.5. The maximum atomic E-state index is 11.5. The van der Waals surface area contributed by atoms with Gasteiger partial charge in [-0.2, -0.15) is 5.10 Å². The van der Waals surface area contributed by atoms with Crippen molar-refractivity contribution in [1.29, 1.82) is 0 Å². The fourth-order valence-corrected chi connectivity index (χ4v) is 1.48. The molecule has 0 aliphatic carbocycles. The summed E-state index contributed by atoms with van der Waals surface area (Å²) in [5.41, 5.74) is 2.89. The second-order valence-electron chi connectivity index (χ2n) is 4.05. The summed E-state index contributed by atoms with van der Waals surface area (Å²) in [5, 5.41) is 15.3. The van der Waals surface area contributed by atoms with E-state index in [9.17, 15) is 14.7 Å². The summed E-state index contributed by atoms with van der Waals surface area (Å²) in [6.45, 7) is -0.225. The SMILES string of the molecule is O=C(CNC(=O)c1ccco1)N/N=C\c1cccc(O)c1. The zero-order valence-corrected chi connectivity index (χ0v) is 10.9. The summed E-state index contributed by atoms with van der Waals surface area (Å²) in [5.74, 6) is -0.722. The number of furan rings is 1. The minimum atomic E-state index is -0.480. The number of carbonyl (C=O) groups is 2. The third-order valence-electron chi connectivity index (χ3n) is 2.43. The van der Waals surface area contributed by atoms with Gasteiger partial charge in [0.15, 0.2) is 5.76 Å². The van der Waals surface area contributed by atoms with E-state index < -0.39 is 11.8 Å². The molecule has 2 amide bonds. The summed E-state index contributed by atoms with van der Waals surface area (Å²) in [4.78, 5) is 22.9. The van der Waals surface area contributed by atoms with Crippen molar-refractivity contribution in [1.82, 2.24) is 10.7 Å². The molecule has 2 rings (SSSR count). The van der Waals surface area contributed by atoms with E-state index in [4.69, 9.17) is 4.42 Å². The van der Waals surface area contributed by atoms with Crippen LogP contribution in [-0.4, -0.2) is 29.7 Å². The predicted octanol–water partition coefficient (Wildman–Crippen LogP) is 0.865. The molecule has 0 aliphatic rings. The summed E-state index contributed by atoms with van der Waals surface area (Å²) < 4.78 is 4.88. The topological polar surface area (TPSA) is 104 Å². The monoisotopic (exact) mass is 287 g/mol. The van der Waals surface area contributed by atoms with E-state index in [0.717, 1.165) is 0 Å². The van der Waals surface area contributed by atoms with Crippen molar-refractivity contribution in [3.63, 3.8) is 0 Å². The van der Waals surface area contributed by atoms with Crippen LogP contribution in [0.5, 0.6) is 5.75 Å². The van der Waals surface area contributed by atoms with Gasteiger partial charge in [0, 0.05) is 0 Å². The minimum absolute atomic E-state index is 0.107. The predicted molar refractivity (Wildman–Crippen MR) is 74.9 cm³/mol. The zero-order valence-electron chi connectivity index (χ0n) is 10.9. The number of aromatic hydroxyl groups is 1. The Morgan fingerprint density at radius 1 is 1.29 bits per heavy atom. The van der Waals surface area contributed by atoms with Crippen LogP contribution in [0.15, 0.2) is 52.2 Å². The van der Waals surface area contributed by atoms with E-state index in [1.807, 2.05) is 0 Å². The maximum Gasteiger partial charge on any atom is 0.287 e. The van der Waals surface area contributed by atoms with Crippen molar-refractivity contribution in [2.75, 3.05) is 6.54 Å².